The van der Waals surface area contributed by atoms with Gasteiger partial charge in [0.15, 0.2) is 18.1 Å². The van der Waals surface area contributed by atoms with Crippen molar-refractivity contribution in [3.05, 3.63) is 64.7 Å². The van der Waals surface area contributed by atoms with Gasteiger partial charge in [-0.1, -0.05) is 23.8 Å². The van der Waals surface area contributed by atoms with Gasteiger partial charge in [-0.3, -0.25) is 4.79 Å². The average molecular weight is 338 g/mol. The number of carbonyl (C=O) groups excluding carboxylic acids is 2. The second-order valence-electron chi connectivity index (χ2n) is 5.80. The summed E-state index contributed by atoms with van der Waals surface area (Å²) in [4.78, 5) is 24.0. The van der Waals surface area contributed by atoms with Gasteiger partial charge in [-0.2, -0.15) is 0 Å². The zero-order valence-electron chi connectivity index (χ0n) is 14.1. The molecule has 5 nitrogen and oxygen atoms in total. The lowest BCUT2D eigenvalue weighted by molar-refractivity contribution is -0.136. The first kappa shape index (κ1) is 16.8. The molecule has 2 aromatic carbocycles. The second-order valence-corrected chi connectivity index (χ2v) is 5.80. The zero-order chi connectivity index (χ0) is 17.8. The number of hydrogen-bond donors (Lipinski definition) is 0. The smallest absolute Gasteiger partial charge is 0.331 e. The van der Waals surface area contributed by atoms with Crippen molar-refractivity contribution in [2.24, 2.45) is 0 Å². The van der Waals surface area contributed by atoms with E-state index in [1.165, 1.54) is 6.08 Å². The van der Waals surface area contributed by atoms with E-state index in [0.29, 0.717) is 17.1 Å². The summed E-state index contributed by atoms with van der Waals surface area (Å²) in [6, 6.07) is 11.0. The van der Waals surface area contributed by atoms with Crippen molar-refractivity contribution >= 4 is 17.8 Å². The number of esters is 1. The number of aryl methyl sites for hydroxylation is 2. The number of hydrogen-bond acceptors (Lipinski definition) is 5. The molecule has 2 aromatic rings. The van der Waals surface area contributed by atoms with Crippen LogP contribution in [0.15, 0.2) is 42.5 Å². The molecule has 0 bridgehead atoms. The molecule has 0 atom stereocenters. The van der Waals surface area contributed by atoms with E-state index >= 15 is 0 Å². The van der Waals surface area contributed by atoms with Crippen LogP contribution in [0.1, 0.15) is 27.0 Å². The maximum absolute atomic E-state index is 12.2. The second kappa shape index (κ2) is 7.21. The van der Waals surface area contributed by atoms with Crippen LogP contribution in [0.4, 0.5) is 0 Å². The molecule has 1 aliphatic rings. The van der Waals surface area contributed by atoms with Gasteiger partial charge < -0.3 is 14.2 Å². The zero-order valence-corrected chi connectivity index (χ0v) is 14.1. The van der Waals surface area contributed by atoms with Gasteiger partial charge in [0.25, 0.3) is 0 Å². The van der Waals surface area contributed by atoms with E-state index in [0.717, 1.165) is 16.7 Å². The van der Waals surface area contributed by atoms with Crippen molar-refractivity contribution in [1.29, 1.82) is 0 Å². The molecular formula is C20H18O5. The summed E-state index contributed by atoms with van der Waals surface area (Å²) in [5.41, 5.74) is 3.21. The Kier molecular flexibility index (Phi) is 4.84. The molecule has 0 fully saturated rings. The molecule has 0 aromatic heterocycles. The molecule has 0 radical (unpaired) electrons. The minimum absolute atomic E-state index is 0.199. The highest BCUT2D eigenvalue weighted by Gasteiger charge is 2.13. The maximum Gasteiger partial charge on any atom is 0.331 e. The maximum atomic E-state index is 12.2. The number of benzene rings is 2. The molecule has 0 N–H and O–H groups in total. The van der Waals surface area contributed by atoms with Crippen LogP contribution in [-0.4, -0.2) is 25.2 Å². The minimum atomic E-state index is -0.573. The largest absolute Gasteiger partial charge is 0.454 e. The number of ketones is 1. The van der Waals surface area contributed by atoms with Gasteiger partial charge in [0, 0.05) is 11.6 Å². The number of rotatable bonds is 5. The topological polar surface area (TPSA) is 61.8 Å². The van der Waals surface area contributed by atoms with Crippen LogP contribution >= 0.6 is 0 Å². The van der Waals surface area contributed by atoms with Gasteiger partial charge in [-0.25, -0.2) is 4.79 Å². The minimum Gasteiger partial charge on any atom is -0.454 e. The first-order valence-corrected chi connectivity index (χ1v) is 7.88. The molecule has 128 valence electrons. The molecular weight excluding hydrogens is 320 g/mol. The van der Waals surface area contributed by atoms with Crippen LogP contribution in [0.3, 0.4) is 0 Å². The Labute approximate surface area is 145 Å². The summed E-state index contributed by atoms with van der Waals surface area (Å²) in [6.45, 7) is 3.68. The quantitative estimate of drug-likeness (QED) is 0.474. The molecule has 1 heterocycles. The van der Waals surface area contributed by atoms with Gasteiger partial charge in [-0.05, 0) is 49.2 Å². The normalized spacial score (nSPS) is 12.4. The van der Waals surface area contributed by atoms with Crippen molar-refractivity contribution in [2.75, 3.05) is 13.4 Å². The van der Waals surface area contributed by atoms with E-state index in [1.807, 2.05) is 26.0 Å². The number of fused-ring (bicyclic) bond motifs is 1. The molecule has 0 unspecified atom stereocenters. The molecule has 0 aliphatic carbocycles. The lowest BCUT2D eigenvalue weighted by Crippen LogP contribution is -2.13. The first-order valence-electron chi connectivity index (χ1n) is 7.88. The van der Waals surface area contributed by atoms with Crippen LogP contribution in [0, 0.1) is 13.8 Å². The van der Waals surface area contributed by atoms with Gasteiger partial charge in [0.2, 0.25) is 12.6 Å². The van der Waals surface area contributed by atoms with E-state index in [2.05, 4.69) is 0 Å². The Morgan fingerprint density at radius 2 is 1.88 bits per heavy atom. The van der Waals surface area contributed by atoms with Crippen molar-refractivity contribution < 1.29 is 23.8 Å². The number of carbonyl (C=O) groups is 2. The highest BCUT2D eigenvalue weighted by atomic mass is 16.7. The van der Waals surface area contributed by atoms with Crippen LogP contribution < -0.4 is 9.47 Å². The van der Waals surface area contributed by atoms with Crippen molar-refractivity contribution in [3.8, 4) is 11.5 Å². The fourth-order valence-electron chi connectivity index (χ4n) is 2.48. The van der Waals surface area contributed by atoms with Crippen LogP contribution in [0.25, 0.3) is 6.08 Å². The Morgan fingerprint density at radius 1 is 1.08 bits per heavy atom. The summed E-state index contributed by atoms with van der Waals surface area (Å²) in [5.74, 6) is 0.529. The Bertz CT molecular complexity index is 851. The lowest BCUT2D eigenvalue weighted by Gasteiger charge is -2.06. The fraction of sp³-hybridized carbons (Fsp3) is 0.200. The van der Waals surface area contributed by atoms with Gasteiger partial charge >= 0.3 is 5.97 Å². The first-order chi connectivity index (χ1) is 12.0. The van der Waals surface area contributed by atoms with Crippen molar-refractivity contribution in [2.45, 2.75) is 13.8 Å². The van der Waals surface area contributed by atoms with Gasteiger partial charge in [-0.15, -0.1) is 0 Å². The van der Waals surface area contributed by atoms with Gasteiger partial charge in [0.1, 0.15) is 0 Å². The third-order valence-corrected chi connectivity index (χ3v) is 3.85. The van der Waals surface area contributed by atoms with E-state index in [9.17, 15) is 9.59 Å². The summed E-state index contributed by atoms with van der Waals surface area (Å²) in [7, 11) is 0. The molecule has 0 amide bonds. The third-order valence-electron chi connectivity index (χ3n) is 3.85. The van der Waals surface area contributed by atoms with Crippen molar-refractivity contribution in [3.63, 3.8) is 0 Å². The molecule has 3 rings (SSSR count). The average Bonchev–Trinajstić information content (AvgIpc) is 3.07. The van der Waals surface area contributed by atoms with Crippen LogP contribution in [0.5, 0.6) is 11.5 Å². The number of Topliss-reactive ketones (excluding diaryl/α,β-unsaturated/α-hetero) is 1. The highest BCUT2D eigenvalue weighted by molar-refractivity contribution is 6.00. The molecule has 5 heteroatoms. The summed E-state index contributed by atoms with van der Waals surface area (Å²) in [6.07, 6.45) is 2.89. The molecule has 1 aliphatic heterocycles. The standard InChI is InChI=1S/C20H18O5/c1-13-3-4-14(2)16(9-13)17(21)11-23-20(22)8-6-15-5-7-18-19(10-15)25-12-24-18/h3-10H,11-12H2,1-2H3. The molecule has 0 saturated heterocycles. The Hall–Kier alpha value is -3.08. The Morgan fingerprint density at radius 3 is 2.72 bits per heavy atom. The van der Waals surface area contributed by atoms with Crippen LogP contribution in [-0.2, 0) is 9.53 Å². The lowest BCUT2D eigenvalue weighted by atomic mass is 10.0. The monoisotopic (exact) mass is 338 g/mol. The molecule has 0 saturated carbocycles. The van der Waals surface area contributed by atoms with Gasteiger partial charge in [0.05, 0.1) is 0 Å². The van der Waals surface area contributed by atoms with E-state index in [-0.39, 0.29) is 19.2 Å². The van der Waals surface area contributed by atoms with Crippen LogP contribution in [0.2, 0.25) is 0 Å². The third kappa shape index (κ3) is 4.07. The number of ether oxygens (including phenoxy) is 3. The highest BCUT2D eigenvalue weighted by Crippen LogP contribution is 2.32. The summed E-state index contributed by atoms with van der Waals surface area (Å²) >= 11 is 0. The summed E-state index contributed by atoms with van der Waals surface area (Å²) < 4.78 is 15.5. The predicted octanol–water partition coefficient (Wildman–Crippen LogP) is 3.47. The van der Waals surface area contributed by atoms with Crippen molar-refractivity contribution in [1.82, 2.24) is 0 Å². The van der Waals surface area contributed by atoms with E-state index in [4.69, 9.17) is 14.2 Å². The molecule has 25 heavy (non-hydrogen) atoms. The van der Waals surface area contributed by atoms with E-state index < -0.39 is 5.97 Å². The molecule has 0 spiro atoms. The fourth-order valence-corrected chi connectivity index (χ4v) is 2.48. The summed E-state index contributed by atoms with van der Waals surface area (Å²) in [5, 5.41) is 0. The van der Waals surface area contributed by atoms with E-state index in [1.54, 1.807) is 30.3 Å². The predicted molar refractivity (Wildman–Crippen MR) is 92.8 cm³/mol. The SMILES string of the molecule is Cc1ccc(C)c(C(=O)COC(=O)C=Cc2ccc3c(c2)OCO3)c1. The Balaban J connectivity index is 1.57.